The van der Waals surface area contributed by atoms with E-state index >= 15 is 0 Å². The second kappa shape index (κ2) is 4.35. The Kier molecular flexibility index (Phi) is 2.90. The fourth-order valence-electron chi connectivity index (χ4n) is 1.89. The number of hydrogen-bond donors (Lipinski definition) is 0. The van der Waals surface area contributed by atoms with Gasteiger partial charge in [-0.2, -0.15) is 0 Å². The van der Waals surface area contributed by atoms with E-state index in [2.05, 4.69) is 0 Å². The molecule has 1 fully saturated rings. The van der Waals surface area contributed by atoms with Crippen molar-refractivity contribution in [2.24, 2.45) is 0 Å². The molecule has 1 saturated heterocycles. The van der Waals surface area contributed by atoms with Gasteiger partial charge in [-0.05, 0) is 24.6 Å². The van der Waals surface area contributed by atoms with Crippen LogP contribution in [0.25, 0.3) is 0 Å². The van der Waals surface area contributed by atoms with Crippen LogP contribution in [0.4, 0.5) is 5.69 Å². The number of rotatable bonds is 3. The van der Waals surface area contributed by atoms with Crippen molar-refractivity contribution in [3.63, 3.8) is 0 Å². The van der Waals surface area contributed by atoms with Gasteiger partial charge in [0, 0.05) is 18.5 Å². The predicted octanol–water partition coefficient (Wildman–Crippen LogP) is 1.63. The van der Waals surface area contributed by atoms with Crippen LogP contribution in [0, 0.1) is 0 Å². The highest BCUT2D eigenvalue weighted by atomic mass is 16.5. The highest BCUT2D eigenvalue weighted by Crippen LogP contribution is 2.31. The van der Waals surface area contributed by atoms with Gasteiger partial charge < -0.3 is 9.64 Å². The van der Waals surface area contributed by atoms with Gasteiger partial charge >= 0.3 is 0 Å². The van der Waals surface area contributed by atoms with Crippen LogP contribution in [0.2, 0.25) is 0 Å². The lowest BCUT2D eigenvalue weighted by Crippen LogP contribution is -2.24. The van der Waals surface area contributed by atoms with Crippen molar-refractivity contribution in [3.8, 4) is 5.75 Å². The maximum absolute atomic E-state index is 11.6. The van der Waals surface area contributed by atoms with Crippen molar-refractivity contribution in [2.45, 2.75) is 12.8 Å². The molecule has 1 heterocycles. The zero-order valence-corrected chi connectivity index (χ0v) is 9.10. The number of carbonyl (C=O) groups is 2. The molecule has 84 valence electrons. The molecular formula is C12H13NO3. The summed E-state index contributed by atoms with van der Waals surface area (Å²) in [5.74, 6) is 0.710. The minimum Gasteiger partial charge on any atom is -0.495 e. The first-order chi connectivity index (χ1) is 7.76. The Labute approximate surface area is 93.8 Å². The maximum Gasteiger partial charge on any atom is 0.227 e. The Hall–Kier alpha value is -1.84. The number of anilines is 1. The summed E-state index contributed by atoms with van der Waals surface area (Å²) >= 11 is 0. The summed E-state index contributed by atoms with van der Waals surface area (Å²) in [6.45, 7) is 0.692. The van der Waals surface area contributed by atoms with Gasteiger partial charge in [-0.25, -0.2) is 0 Å². The Bertz CT molecular complexity index is 428. The van der Waals surface area contributed by atoms with E-state index in [0.717, 1.165) is 12.7 Å². The van der Waals surface area contributed by atoms with Crippen LogP contribution in [0.3, 0.4) is 0 Å². The number of nitrogens with zero attached hydrogens (tertiary/aromatic N) is 1. The molecule has 0 N–H and O–H groups in total. The molecule has 0 spiro atoms. The Morgan fingerprint density at radius 1 is 1.44 bits per heavy atom. The summed E-state index contributed by atoms with van der Waals surface area (Å²) < 4.78 is 5.20. The van der Waals surface area contributed by atoms with Gasteiger partial charge in [0.2, 0.25) is 5.91 Å². The van der Waals surface area contributed by atoms with Crippen molar-refractivity contribution in [2.75, 3.05) is 18.6 Å². The van der Waals surface area contributed by atoms with Crippen LogP contribution in [-0.2, 0) is 4.79 Å². The molecule has 1 aliphatic heterocycles. The Balaban J connectivity index is 2.43. The molecule has 0 saturated carbocycles. The maximum atomic E-state index is 11.6. The van der Waals surface area contributed by atoms with Crippen LogP contribution in [-0.4, -0.2) is 25.8 Å². The molecule has 0 aromatic heterocycles. The molecule has 0 radical (unpaired) electrons. The summed E-state index contributed by atoms with van der Waals surface area (Å²) in [5.41, 5.74) is 1.24. The number of ether oxygens (including phenoxy) is 1. The molecule has 16 heavy (non-hydrogen) atoms. The fraction of sp³-hybridized carbons (Fsp3) is 0.333. The predicted molar refractivity (Wildman–Crippen MR) is 60.0 cm³/mol. The van der Waals surface area contributed by atoms with E-state index in [1.807, 2.05) is 0 Å². The molecule has 1 aliphatic rings. The first-order valence-electron chi connectivity index (χ1n) is 5.20. The van der Waals surface area contributed by atoms with Crippen molar-refractivity contribution >= 4 is 17.9 Å². The van der Waals surface area contributed by atoms with Gasteiger partial charge in [0.15, 0.2) is 0 Å². The average Bonchev–Trinajstić information content (AvgIpc) is 2.74. The van der Waals surface area contributed by atoms with Crippen LogP contribution in [0.5, 0.6) is 5.75 Å². The molecular weight excluding hydrogens is 206 g/mol. The number of benzene rings is 1. The molecule has 1 aromatic carbocycles. The number of amides is 1. The molecule has 0 unspecified atom stereocenters. The molecule has 4 heteroatoms. The van der Waals surface area contributed by atoms with E-state index in [4.69, 9.17) is 4.74 Å². The second-order valence-corrected chi connectivity index (χ2v) is 3.70. The Morgan fingerprint density at radius 3 is 2.81 bits per heavy atom. The molecule has 1 amide bonds. The van der Waals surface area contributed by atoms with Gasteiger partial charge in [0.25, 0.3) is 0 Å². The van der Waals surface area contributed by atoms with E-state index in [1.54, 1.807) is 30.2 Å². The first-order valence-corrected chi connectivity index (χ1v) is 5.20. The average molecular weight is 219 g/mol. The SMILES string of the molecule is COc1ccc(C=O)cc1N1CCCC1=O. The quantitative estimate of drug-likeness (QED) is 0.726. The molecule has 0 atom stereocenters. The van der Waals surface area contributed by atoms with E-state index in [1.165, 1.54) is 0 Å². The highest BCUT2D eigenvalue weighted by molar-refractivity contribution is 5.97. The van der Waals surface area contributed by atoms with E-state index in [-0.39, 0.29) is 5.91 Å². The third kappa shape index (κ3) is 1.78. The van der Waals surface area contributed by atoms with E-state index < -0.39 is 0 Å². The van der Waals surface area contributed by atoms with Gasteiger partial charge in [0.1, 0.15) is 12.0 Å². The first kappa shape index (κ1) is 10.7. The minimum absolute atomic E-state index is 0.0846. The molecule has 0 bridgehead atoms. The van der Waals surface area contributed by atoms with Crippen molar-refractivity contribution in [3.05, 3.63) is 23.8 Å². The molecule has 0 aliphatic carbocycles. The summed E-state index contributed by atoms with van der Waals surface area (Å²) in [6.07, 6.45) is 2.19. The van der Waals surface area contributed by atoms with Gasteiger partial charge in [0.05, 0.1) is 12.8 Å². The topological polar surface area (TPSA) is 46.6 Å². The van der Waals surface area contributed by atoms with Crippen LogP contribution >= 0.6 is 0 Å². The Morgan fingerprint density at radius 2 is 2.25 bits per heavy atom. The van der Waals surface area contributed by atoms with E-state index in [0.29, 0.717) is 30.0 Å². The lowest BCUT2D eigenvalue weighted by Gasteiger charge is -2.19. The molecule has 2 rings (SSSR count). The summed E-state index contributed by atoms with van der Waals surface area (Å²) in [7, 11) is 1.56. The highest BCUT2D eigenvalue weighted by Gasteiger charge is 2.24. The van der Waals surface area contributed by atoms with Crippen molar-refractivity contribution < 1.29 is 14.3 Å². The zero-order valence-electron chi connectivity index (χ0n) is 9.10. The van der Waals surface area contributed by atoms with Gasteiger partial charge in [-0.15, -0.1) is 0 Å². The minimum atomic E-state index is 0.0846. The standard InChI is InChI=1S/C12H13NO3/c1-16-11-5-4-9(8-14)7-10(11)13-6-2-3-12(13)15/h4-5,7-8H,2-3,6H2,1H3. The van der Waals surface area contributed by atoms with Crippen LogP contribution in [0.15, 0.2) is 18.2 Å². The van der Waals surface area contributed by atoms with E-state index in [9.17, 15) is 9.59 Å². The molecule has 4 nitrogen and oxygen atoms in total. The normalized spacial score (nSPS) is 15.3. The summed E-state index contributed by atoms with van der Waals surface area (Å²) in [4.78, 5) is 24.0. The zero-order chi connectivity index (χ0) is 11.5. The van der Waals surface area contributed by atoms with Gasteiger partial charge in [-0.3, -0.25) is 9.59 Å². The van der Waals surface area contributed by atoms with Crippen LogP contribution < -0.4 is 9.64 Å². The third-order valence-corrected chi connectivity index (χ3v) is 2.70. The summed E-state index contributed by atoms with van der Waals surface area (Å²) in [6, 6.07) is 5.08. The van der Waals surface area contributed by atoms with Gasteiger partial charge in [-0.1, -0.05) is 0 Å². The summed E-state index contributed by atoms with van der Waals surface area (Å²) in [5, 5.41) is 0. The lowest BCUT2D eigenvalue weighted by atomic mass is 10.2. The number of hydrogen-bond acceptors (Lipinski definition) is 3. The van der Waals surface area contributed by atoms with Crippen molar-refractivity contribution in [1.82, 2.24) is 0 Å². The largest absolute Gasteiger partial charge is 0.495 e. The van der Waals surface area contributed by atoms with Crippen molar-refractivity contribution in [1.29, 1.82) is 0 Å². The lowest BCUT2D eigenvalue weighted by molar-refractivity contribution is -0.117. The number of aldehydes is 1. The second-order valence-electron chi connectivity index (χ2n) is 3.70. The number of carbonyl (C=O) groups excluding carboxylic acids is 2. The third-order valence-electron chi connectivity index (χ3n) is 2.70. The number of methoxy groups -OCH3 is 1. The smallest absolute Gasteiger partial charge is 0.227 e. The van der Waals surface area contributed by atoms with Crippen LogP contribution in [0.1, 0.15) is 23.2 Å². The monoisotopic (exact) mass is 219 g/mol. The molecule has 1 aromatic rings. The fourth-order valence-corrected chi connectivity index (χ4v) is 1.89.